The average molecular weight is 397 g/mol. The molecule has 2 N–H and O–H groups in total. The highest BCUT2D eigenvalue weighted by molar-refractivity contribution is 5.79. The highest BCUT2D eigenvalue weighted by atomic mass is 19.4. The van der Waals surface area contributed by atoms with Crippen LogP contribution in [0.15, 0.2) is 18.3 Å². The van der Waals surface area contributed by atoms with Crippen molar-refractivity contribution >= 4 is 11.7 Å². The van der Waals surface area contributed by atoms with Gasteiger partial charge in [0, 0.05) is 25.2 Å². The zero-order chi connectivity index (χ0) is 20.1. The summed E-state index contributed by atoms with van der Waals surface area (Å²) < 4.78 is 38.0. The fraction of sp³-hybridized carbons (Fsp3) is 0.588. The van der Waals surface area contributed by atoms with Gasteiger partial charge in [0.05, 0.1) is 11.6 Å². The number of tetrazole rings is 1. The van der Waals surface area contributed by atoms with E-state index in [2.05, 4.69) is 30.9 Å². The third-order valence-corrected chi connectivity index (χ3v) is 4.83. The number of carbonyl (C=O) groups is 1. The SMILES string of the molecule is CCCC(NC(=O)C1CCN(c2ccc(C(F)(F)F)cn2)CC1)c1nn[nH]n1. The summed E-state index contributed by atoms with van der Waals surface area (Å²) >= 11 is 0. The van der Waals surface area contributed by atoms with E-state index in [9.17, 15) is 18.0 Å². The van der Waals surface area contributed by atoms with Gasteiger partial charge in [0.1, 0.15) is 5.82 Å². The van der Waals surface area contributed by atoms with Gasteiger partial charge in [-0.05, 0) is 31.4 Å². The van der Waals surface area contributed by atoms with Crippen LogP contribution in [0.4, 0.5) is 19.0 Å². The summed E-state index contributed by atoms with van der Waals surface area (Å²) in [4.78, 5) is 18.4. The fourth-order valence-corrected chi connectivity index (χ4v) is 3.27. The van der Waals surface area contributed by atoms with E-state index in [1.165, 1.54) is 6.07 Å². The molecule has 0 spiro atoms. The van der Waals surface area contributed by atoms with Gasteiger partial charge in [0.25, 0.3) is 0 Å². The lowest BCUT2D eigenvalue weighted by molar-refractivity contribution is -0.137. The van der Waals surface area contributed by atoms with Crippen molar-refractivity contribution < 1.29 is 18.0 Å². The first-order valence-corrected chi connectivity index (χ1v) is 9.20. The van der Waals surface area contributed by atoms with E-state index >= 15 is 0 Å². The number of halogens is 3. The topological polar surface area (TPSA) is 99.7 Å². The van der Waals surface area contributed by atoms with Crippen LogP contribution in [0.5, 0.6) is 0 Å². The minimum atomic E-state index is -4.40. The maximum absolute atomic E-state index is 12.7. The van der Waals surface area contributed by atoms with Crippen molar-refractivity contribution in [2.75, 3.05) is 18.0 Å². The molecule has 1 aliphatic rings. The van der Waals surface area contributed by atoms with E-state index in [0.717, 1.165) is 18.7 Å². The minimum absolute atomic E-state index is 0.0664. The molecule has 0 saturated carbocycles. The molecule has 28 heavy (non-hydrogen) atoms. The van der Waals surface area contributed by atoms with Crippen LogP contribution in [0.3, 0.4) is 0 Å². The first kappa shape index (κ1) is 20.0. The number of hydrogen-bond donors (Lipinski definition) is 2. The van der Waals surface area contributed by atoms with Gasteiger partial charge in [0.2, 0.25) is 5.91 Å². The van der Waals surface area contributed by atoms with Gasteiger partial charge in [-0.25, -0.2) is 4.98 Å². The van der Waals surface area contributed by atoms with Crippen molar-refractivity contribution in [3.63, 3.8) is 0 Å². The monoisotopic (exact) mass is 397 g/mol. The molecule has 8 nitrogen and oxygen atoms in total. The van der Waals surface area contributed by atoms with Crippen LogP contribution in [0.1, 0.15) is 50.0 Å². The number of rotatable bonds is 6. The summed E-state index contributed by atoms with van der Waals surface area (Å²) in [6, 6.07) is 2.11. The predicted octanol–water partition coefficient (Wildman–Crippen LogP) is 2.49. The van der Waals surface area contributed by atoms with Crippen molar-refractivity contribution in [2.45, 2.75) is 44.8 Å². The number of aromatic amines is 1. The lowest BCUT2D eigenvalue weighted by Gasteiger charge is -2.32. The van der Waals surface area contributed by atoms with Crippen LogP contribution in [0.2, 0.25) is 0 Å². The first-order chi connectivity index (χ1) is 13.4. The number of aromatic nitrogens is 5. The molecule has 3 rings (SSSR count). The van der Waals surface area contributed by atoms with E-state index in [4.69, 9.17) is 0 Å². The van der Waals surface area contributed by atoms with Gasteiger partial charge in [-0.15, -0.1) is 10.2 Å². The van der Waals surface area contributed by atoms with Crippen LogP contribution in [-0.4, -0.2) is 44.6 Å². The van der Waals surface area contributed by atoms with E-state index in [1.54, 1.807) is 0 Å². The molecule has 1 unspecified atom stereocenters. The molecule has 1 atom stereocenters. The Hall–Kier alpha value is -2.72. The maximum atomic E-state index is 12.7. The largest absolute Gasteiger partial charge is 0.417 e. The Kier molecular flexibility index (Phi) is 6.10. The average Bonchev–Trinajstić information content (AvgIpc) is 3.22. The van der Waals surface area contributed by atoms with Gasteiger partial charge in [-0.2, -0.15) is 18.4 Å². The number of nitrogens with zero attached hydrogens (tertiary/aromatic N) is 5. The van der Waals surface area contributed by atoms with Crippen LogP contribution < -0.4 is 10.2 Å². The summed E-state index contributed by atoms with van der Waals surface area (Å²) in [5.41, 5.74) is -0.769. The number of pyridine rings is 1. The molecule has 2 aromatic rings. The second kappa shape index (κ2) is 8.53. The predicted molar refractivity (Wildman–Crippen MR) is 94.1 cm³/mol. The highest BCUT2D eigenvalue weighted by Crippen LogP contribution is 2.30. The normalized spacial score (nSPS) is 16.8. The van der Waals surface area contributed by atoms with Crippen molar-refractivity contribution in [2.24, 2.45) is 5.92 Å². The van der Waals surface area contributed by atoms with Crippen LogP contribution in [0.25, 0.3) is 0 Å². The van der Waals surface area contributed by atoms with E-state index in [0.29, 0.717) is 44.0 Å². The Bertz CT molecular complexity index is 756. The van der Waals surface area contributed by atoms with Gasteiger partial charge >= 0.3 is 6.18 Å². The molecule has 152 valence electrons. The number of hydrogen-bond acceptors (Lipinski definition) is 6. The van der Waals surface area contributed by atoms with Crippen LogP contribution >= 0.6 is 0 Å². The number of carbonyl (C=O) groups excluding carboxylic acids is 1. The Morgan fingerprint density at radius 1 is 1.36 bits per heavy atom. The molecule has 0 aliphatic carbocycles. The van der Waals surface area contributed by atoms with Crippen LogP contribution in [-0.2, 0) is 11.0 Å². The quantitative estimate of drug-likeness (QED) is 0.777. The summed E-state index contributed by atoms with van der Waals surface area (Å²) in [6.45, 7) is 3.11. The molecule has 0 bridgehead atoms. The summed E-state index contributed by atoms with van der Waals surface area (Å²) in [5, 5.41) is 16.8. The summed E-state index contributed by atoms with van der Waals surface area (Å²) in [5.74, 6) is 0.712. The summed E-state index contributed by atoms with van der Waals surface area (Å²) in [6.07, 6.45) is -0.797. The Labute approximate surface area is 159 Å². The van der Waals surface area contributed by atoms with Gasteiger partial charge in [-0.1, -0.05) is 18.6 Å². The van der Waals surface area contributed by atoms with Crippen molar-refractivity contribution in [3.8, 4) is 0 Å². The summed E-state index contributed by atoms with van der Waals surface area (Å²) in [7, 11) is 0. The smallest absolute Gasteiger partial charge is 0.357 e. The molecule has 3 heterocycles. The Morgan fingerprint density at radius 3 is 2.64 bits per heavy atom. The molecular weight excluding hydrogens is 375 g/mol. The number of H-pyrrole nitrogens is 1. The number of amides is 1. The van der Waals surface area contributed by atoms with Gasteiger partial charge in [0.15, 0.2) is 5.82 Å². The zero-order valence-corrected chi connectivity index (χ0v) is 15.4. The van der Waals surface area contributed by atoms with Crippen molar-refractivity contribution in [3.05, 3.63) is 29.7 Å². The molecule has 1 fully saturated rings. The van der Waals surface area contributed by atoms with Crippen molar-refractivity contribution in [1.29, 1.82) is 0 Å². The third kappa shape index (κ3) is 4.76. The molecule has 0 aromatic carbocycles. The molecule has 11 heteroatoms. The van der Waals surface area contributed by atoms with Gasteiger partial charge in [-0.3, -0.25) is 4.79 Å². The van der Waals surface area contributed by atoms with E-state index in [-0.39, 0.29) is 17.9 Å². The van der Waals surface area contributed by atoms with Crippen molar-refractivity contribution in [1.82, 2.24) is 30.9 Å². The zero-order valence-electron chi connectivity index (χ0n) is 15.4. The molecule has 1 amide bonds. The second-order valence-electron chi connectivity index (χ2n) is 6.78. The number of piperidine rings is 1. The Morgan fingerprint density at radius 2 is 2.11 bits per heavy atom. The molecular formula is C17H22F3N7O. The first-order valence-electron chi connectivity index (χ1n) is 9.20. The lowest BCUT2D eigenvalue weighted by atomic mass is 9.95. The van der Waals surface area contributed by atoms with Crippen LogP contribution in [0, 0.1) is 5.92 Å². The second-order valence-corrected chi connectivity index (χ2v) is 6.78. The lowest BCUT2D eigenvalue weighted by Crippen LogP contribution is -2.42. The molecule has 1 saturated heterocycles. The fourth-order valence-electron chi connectivity index (χ4n) is 3.27. The molecule has 1 aliphatic heterocycles. The number of alkyl halides is 3. The standard InChI is InChI=1S/C17H22F3N7O/c1-2-3-13(15-23-25-26-24-15)22-16(28)11-6-8-27(9-7-11)14-5-4-12(10-21-14)17(18,19)20/h4-5,10-11,13H,2-3,6-9H2,1H3,(H,22,28)(H,23,24,25,26). The van der Waals surface area contributed by atoms with Gasteiger partial charge < -0.3 is 10.2 Å². The maximum Gasteiger partial charge on any atom is 0.417 e. The third-order valence-electron chi connectivity index (χ3n) is 4.83. The van der Waals surface area contributed by atoms with E-state index < -0.39 is 11.7 Å². The number of anilines is 1. The highest BCUT2D eigenvalue weighted by Gasteiger charge is 2.32. The molecule has 0 radical (unpaired) electrons. The Balaban J connectivity index is 1.55. The number of nitrogens with one attached hydrogen (secondary N) is 2. The van der Waals surface area contributed by atoms with E-state index in [1.807, 2.05) is 11.8 Å². The molecule has 2 aromatic heterocycles. The minimum Gasteiger partial charge on any atom is -0.357 e.